The first kappa shape index (κ1) is 14.1. The summed E-state index contributed by atoms with van der Waals surface area (Å²) >= 11 is 0. The largest absolute Gasteiger partial charge is 0.473 e. The lowest BCUT2D eigenvalue weighted by Gasteiger charge is -2.36. The highest BCUT2D eigenvalue weighted by atomic mass is 16.5. The van der Waals surface area contributed by atoms with Gasteiger partial charge in [-0.05, 0) is 52.7 Å². The molecule has 19 heavy (non-hydrogen) atoms. The molecule has 0 spiro atoms. The Balaban J connectivity index is 2.06. The van der Waals surface area contributed by atoms with Gasteiger partial charge in [0.25, 0.3) is 0 Å². The van der Waals surface area contributed by atoms with E-state index in [1.165, 1.54) is 0 Å². The predicted molar refractivity (Wildman–Crippen MR) is 76.7 cm³/mol. The van der Waals surface area contributed by atoms with E-state index in [9.17, 15) is 0 Å². The van der Waals surface area contributed by atoms with Crippen molar-refractivity contribution in [1.29, 1.82) is 0 Å². The van der Waals surface area contributed by atoms with Crippen LogP contribution in [0.1, 0.15) is 40.5 Å². The minimum Gasteiger partial charge on any atom is -0.473 e. The monoisotopic (exact) mass is 264 g/mol. The van der Waals surface area contributed by atoms with E-state index < -0.39 is 0 Å². The molecule has 0 amide bonds. The Kier molecular flexibility index (Phi) is 4.30. The lowest BCUT2D eigenvalue weighted by molar-refractivity contribution is -0.0553. The fourth-order valence-corrected chi connectivity index (χ4v) is 2.39. The van der Waals surface area contributed by atoms with Gasteiger partial charge < -0.3 is 14.8 Å². The van der Waals surface area contributed by atoms with Crippen molar-refractivity contribution < 1.29 is 9.47 Å². The van der Waals surface area contributed by atoms with Gasteiger partial charge >= 0.3 is 0 Å². The number of pyridine rings is 1. The third-order valence-corrected chi connectivity index (χ3v) is 3.18. The lowest BCUT2D eigenvalue weighted by atomic mass is 9.94. The minimum atomic E-state index is -0.0583. The van der Waals surface area contributed by atoms with E-state index in [2.05, 4.69) is 24.1 Å². The van der Waals surface area contributed by atoms with E-state index in [0.717, 1.165) is 25.1 Å². The number of ether oxygens (including phenoxy) is 2. The summed E-state index contributed by atoms with van der Waals surface area (Å²) in [6.45, 7) is 9.09. The lowest BCUT2D eigenvalue weighted by Crippen LogP contribution is -2.40. The van der Waals surface area contributed by atoms with E-state index in [0.29, 0.717) is 11.9 Å². The molecule has 2 rings (SSSR count). The molecule has 2 heterocycles. The SMILES string of the molecule is CC(C)Oc1ncccc1NC1CCOC(C)(C)C1. The number of nitrogens with zero attached hydrogens (tertiary/aromatic N) is 1. The molecule has 0 aliphatic carbocycles. The van der Waals surface area contributed by atoms with Gasteiger partial charge in [0, 0.05) is 18.8 Å². The van der Waals surface area contributed by atoms with Crippen LogP contribution in [0.5, 0.6) is 5.88 Å². The zero-order chi connectivity index (χ0) is 13.9. The predicted octanol–water partition coefficient (Wildman–Crippen LogP) is 3.24. The van der Waals surface area contributed by atoms with Gasteiger partial charge in [-0.15, -0.1) is 0 Å². The molecule has 0 aromatic carbocycles. The van der Waals surface area contributed by atoms with Crippen molar-refractivity contribution in [2.45, 2.75) is 58.3 Å². The second-order valence-corrected chi connectivity index (χ2v) is 5.96. The van der Waals surface area contributed by atoms with Gasteiger partial charge in [0.15, 0.2) is 0 Å². The maximum atomic E-state index is 5.74. The molecule has 1 saturated heterocycles. The Labute approximate surface area is 115 Å². The quantitative estimate of drug-likeness (QED) is 0.906. The molecule has 0 radical (unpaired) electrons. The van der Waals surface area contributed by atoms with Crippen LogP contribution in [0.15, 0.2) is 18.3 Å². The van der Waals surface area contributed by atoms with Gasteiger partial charge in [-0.3, -0.25) is 0 Å². The van der Waals surface area contributed by atoms with Gasteiger partial charge in [-0.25, -0.2) is 4.98 Å². The Morgan fingerprint density at radius 3 is 2.95 bits per heavy atom. The summed E-state index contributed by atoms with van der Waals surface area (Å²) in [7, 11) is 0. The van der Waals surface area contributed by atoms with Gasteiger partial charge in [0.2, 0.25) is 5.88 Å². The van der Waals surface area contributed by atoms with Crippen LogP contribution in [0, 0.1) is 0 Å². The maximum Gasteiger partial charge on any atom is 0.237 e. The van der Waals surface area contributed by atoms with Crippen molar-refractivity contribution in [1.82, 2.24) is 4.98 Å². The highest BCUT2D eigenvalue weighted by Crippen LogP contribution is 2.29. The van der Waals surface area contributed by atoms with E-state index in [1.54, 1.807) is 6.20 Å². The van der Waals surface area contributed by atoms with Gasteiger partial charge in [0.1, 0.15) is 0 Å². The molecule has 0 bridgehead atoms. The Morgan fingerprint density at radius 2 is 2.26 bits per heavy atom. The molecule has 1 atom stereocenters. The fourth-order valence-electron chi connectivity index (χ4n) is 2.39. The molecule has 1 N–H and O–H groups in total. The summed E-state index contributed by atoms with van der Waals surface area (Å²) in [6, 6.07) is 4.36. The van der Waals surface area contributed by atoms with Gasteiger partial charge in [-0.2, -0.15) is 0 Å². The third-order valence-electron chi connectivity index (χ3n) is 3.18. The van der Waals surface area contributed by atoms with Crippen LogP contribution in [0.4, 0.5) is 5.69 Å². The Hall–Kier alpha value is -1.29. The molecule has 1 aromatic heterocycles. The van der Waals surface area contributed by atoms with Crippen LogP contribution in [0.2, 0.25) is 0 Å². The summed E-state index contributed by atoms with van der Waals surface area (Å²) < 4.78 is 11.5. The van der Waals surface area contributed by atoms with E-state index >= 15 is 0 Å². The molecule has 1 aromatic rings. The molecule has 4 nitrogen and oxygen atoms in total. The average molecular weight is 264 g/mol. The molecule has 106 valence electrons. The third kappa shape index (κ3) is 4.10. The van der Waals surface area contributed by atoms with Gasteiger partial charge in [-0.1, -0.05) is 0 Å². The number of nitrogens with one attached hydrogen (secondary N) is 1. The van der Waals surface area contributed by atoms with Crippen molar-refractivity contribution in [3.8, 4) is 5.88 Å². The van der Waals surface area contributed by atoms with Crippen molar-refractivity contribution in [3.05, 3.63) is 18.3 Å². The van der Waals surface area contributed by atoms with E-state index in [-0.39, 0.29) is 11.7 Å². The zero-order valence-electron chi connectivity index (χ0n) is 12.3. The Bertz CT molecular complexity index is 418. The molecule has 1 unspecified atom stereocenters. The van der Waals surface area contributed by atoms with Crippen LogP contribution in [0.3, 0.4) is 0 Å². The molecule has 1 aliphatic heterocycles. The second kappa shape index (κ2) is 5.78. The molecule has 1 aliphatic rings. The maximum absolute atomic E-state index is 5.74. The standard InChI is InChI=1S/C15H24N2O2/c1-11(2)19-14-13(6-5-8-16-14)17-12-7-9-18-15(3,4)10-12/h5-6,8,11-12,17H,7,9-10H2,1-4H3. The van der Waals surface area contributed by atoms with Crippen LogP contribution >= 0.6 is 0 Å². The summed E-state index contributed by atoms with van der Waals surface area (Å²) in [4.78, 5) is 4.30. The smallest absolute Gasteiger partial charge is 0.237 e. The highest BCUT2D eigenvalue weighted by molar-refractivity contribution is 5.52. The summed E-state index contributed by atoms with van der Waals surface area (Å²) in [5.74, 6) is 0.682. The normalized spacial score (nSPS) is 22.3. The molecular formula is C15H24N2O2. The Morgan fingerprint density at radius 1 is 1.47 bits per heavy atom. The molecule has 4 heteroatoms. The second-order valence-electron chi connectivity index (χ2n) is 5.96. The van der Waals surface area contributed by atoms with Crippen LogP contribution in [0.25, 0.3) is 0 Å². The summed E-state index contributed by atoms with van der Waals surface area (Å²) in [5.41, 5.74) is 0.913. The van der Waals surface area contributed by atoms with E-state index in [1.807, 2.05) is 26.0 Å². The van der Waals surface area contributed by atoms with Crippen LogP contribution < -0.4 is 10.1 Å². The van der Waals surface area contributed by atoms with Crippen molar-refractivity contribution >= 4 is 5.69 Å². The summed E-state index contributed by atoms with van der Waals surface area (Å²) in [6.07, 6.45) is 3.89. The van der Waals surface area contributed by atoms with E-state index in [4.69, 9.17) is 9.47 Å². The van der Waals surface area contributed by atoms with Crippen molar-refractivity contribution in [3.63, 3.8) is 0 Å². The number of rotatable bonds is 4. The van der Waals surface area contributed by atoms with Crippen molar-refractivity contribution in [2.75, 3.05) is 11.9 Å². The number of aromatic nitrogens is 1. The van der Waals surface area contributed by atoms with Crippen molar-refractivity contribution in [2.24, 2.45) is 0 Å². The zero-order valence-corrected chi connectivity index (χ0v) is 12.3. The first-order valence-corrected chi connectivity index (χ1v) is 6.98. The molecular weight excluding hydrogens is 240 g/mol. The topological polar surface area (TPSA) is 43.4 Å². The first-order valence-electron chi connectivity index (χ1n) is 6.98. The molecule has 0 saturated carbocycles. The number of anilines is 1. The first-order chi connectivity index (χ1) is 8.96. The number of hydrogen-bond acceptors (Lipinski definition) is 4. The molecule has 1 fully saturated rings. The average Bonchev–Trinajstić information content (AvgIpc) is 2.30. The van der Waals surface area contributed by atoms with Crippen LogP contribution in [-0.2, 0) is 4.74 Å². The van der Waals surface area contributed by atoms with Crippen LogP contribution in [-0.4, -0.2) is 29.3 Å². The highest BCUT2D eigenvalue weighted by Gasteiger charge is 2.29. The summed E-state index contributed by atoms with van der Waals surface area (Å²) in [5, 5.41) is 3.54. The minimum absolute atomic E-state index is 0.0583. The number of hydrogen-bond donors (Lipinski definition) is 1. The fraction of sp³-hybridized carbons (Fsp3) is 0.667. The van der Waals surface area contributed by atoms with Gasteiger partial charge in [0.05, 0.1) is 17.4 Å².